The molecule has 2 aromatic heterocycles. The molecule has 0 radical (unpaired) electrons. The first-order valence-electron chi connectivity index (χ1n) is 7.10. The standard InChI is InChI=1S/C15H17N5O2/c1-17-14(21)13-11-12(18-19-13)9-5-2-3-6-10(9)20(15(11)22)8-4-7-16/h2-3,5-6H,4,7-8,16H2,1H3,(H,17,21)(H,18,19). The van der Waals surface area contributed by atoms with Crippen LogP contribution in [0.3, 0.4) is 0 Å². The normalized spacial score (nSPS) is 11.2. The molecule has 4 N–H and O–H groups in total. The quantitative estimate of drug-likeness (QED) is 0.655. The smallest absolute Gasteiger partial charge is 0.269 e. The van der Waals surface area contributed by atoms with Gasteiger partial charge < -0.3 is 15.6 Å². The van der Waals surface area contributed by atoms with E-state index < -0.39 is 0 Å². The number of benzene rings is 1. The number of aromatic amines is 1. The lowest BCUT2D eigenvalue weighted by atomic mass is 10.1. The Bertz CT molecular complexity index is 909. The number of H-pyrrole nitrogens is 1. The molecule has 7 nitrogen and oxygen atoms in total. The van der Waals surface area contributed by atoms with E-state index in [1.165, 1.54) is 7.05 Å². The second-order valence-electron chi connectivity index (χ2n) is 5.02. The number of nitrogens with two attached hydrogens (primary N) is 1. The van der Waals surface area contributed by atoms with E-state index in [0.717, 1.165) is 10.9 Å². The van der Waals surface area contributed by atoms with Crippen molar-refractivity contribution in [3.63, 3.8) is 0 Å². The lowest BCUT2D eigenvalue weighted by Crippen LogP contribution is -2.25. The average molecular weight is 299 g/mol. The number of amides is 1. The summed E-state index contributed by atoms with van der Waals surface area (Å²) in [5, 5.41) is 10.5. The molecule has 2 heterocycles. The van der Waals surface area contributed by atoms with Gasteiger partial charge >= 0.3 is 0 Å². The van der Waals surface area contributed by atoms with E-state index in [0.29, 0.717) is 30.4 Å². The van der Waals surface area contributed by atoms with Crippen LogP contribution in [-0.2, 0) is 6.54 Å². The number of rotatable bonds is 4. The van der Waals surface area contributed by atoms with E-state index >= 15 is 0 Å². The van der Waals surface area contributed by atoms with Crippen LogP contribution in [0, 0.1) is 0 Å². The summed E-state index contributed by atoms with van der Waals surface area (Å²) < 4.78 is 1.66. The van der Waals surface area contributed by atoms with Crippen molar-refractivity contribution in [3.05, 3.63) is 40.3 Å². The van der Waals surface area contributed by atoms with Crippen molar-refractivity contribution in [2.75, 3.05) is 13.6 Å². The van der Waals surface area contributed by atoms with Crippen LogP contribution in [0.15, 0.2) is 29.1 Å². The summed E-state index contributed by atoms with van der Waals surface area (Å²) >= 11 is 0. The van der Waals surface area contributed by atoms with Gasteiger partial charge in [-0.1, -0.05) is 18.2 Å². The molecule has 0 aliphatic heterocycles. The highest BCUT2D eigenvalue weighted by molar-refractivity contribution is 6.11. The molecule has 0 saturated heterocycles. The zero-order valence-corrected chi connectivity index (χ0v) is 12.2. The van der Waals surface area contributed by atoms with Crippen molar-refractivity contribution >= 4 is 27.7 Å². The van der Waals surface area contributed by atoms with E-state index in [1.54, 1.807) is 4.57 Å². The van der Waals surface area contributed by atoms with E-state index in [1.807, 2.05) is 24.3 Å². The number of aromatic nitrogens is 3. The van der Waals surface area contributed by atoms with Crippen molar-refractivity contribution in [1.82, 2.24) is 20.1 Å². The highest BCUT2D eigenvalue weighted by Gasteiger charge is 2.20. The van der Waals surface area contributed by atoms with E-state index in [9.17, 15) is 9.59 Å². The Morgan fingerprint density at radius 1 is 1.41 bits per heavy atom. The summed E-state index contributed by atoms with van der Waals surface area (Å²) in [6, 6.07) is 7.53. The Labute approximate surface area is 126 Å². The molecule has 0 saturated carbocycles. The maximum atomic E-state index is 12.8. The van der Waals surface area contributed by atoms with Crippen molar-refractivity contribution in [2.45, 2.75) is 13.0 Å². The van der Waals surface area contributed by atoms with Gasteiger partial charge in [0.15, 0.2) is 0 Å². The van der Waals surface area contributed by atoms with Crippen molar-refractivity contribution in [3.8, 4) is 0 Å². The SMILES string of the molecule is CNC(=O)c1[nH]nc2c1c(=O)n(CCCN)c1ccccc21. The molecule has 1 aromatic carbocycles. The molecule has 0 spiro atoms. The fraction of sp³-hybridized carbons (Fsp3) is 0.267. The molecule has 0 fully saturated rings. The van der Waals surface area contributed by atoms with Gasteiger partial charge in [0.2, 0.25) is 0 Å². The third kappa shape index (κ3) is 2.06. The maximum Gasteiger partial charge on any atom is 0.269 e. The summed E-state index contributed by atoms with van der Waals surface area (Å²) in [7, 11) is 1.52. The van der Waals surface area contributed by atoms with Crippen LogP contribution in [0.25, 0.3) is 21.8 Å². The zero-order chi connectivity index (χ0) is 15.7. The number of hydrogen-bond acceptors (Lipinski definition) is 4. The zero-order valence-electron chi connectivity index (χ0n) is 12.2. The van der Waals surface area contributed by atoms with E-state index in [-0.39, 0.29) is 17.2 Å². The molecule has 114 valence electrons. The Morgan fingerprint density at radius 2 is 2.18 bits per heavy atom. The Morgan fingerprint density at radius 3 is 2.91 bits per heavy atom. The first kappa shape index (κ1) is 14.3. The number of fused-ring (bicyclic) bond motifs is 3. The first-order chi connectivity index (χ1) is 10.7. The number of para-hydroxylation sites is 1. The molecule has 0 aliphatic carbocycles. The summed E-state index contributed by atoms with van der Waals surface area (Å²) in [5.74, 6) is -0.361. The molecule has 0 unspecified atom stereocenters. The molecule has 0 bridgehead atoms. The van der Waals surface area contributed by atoms with Gasteiger partial charge in [-0.3, -0.25) is 14.7 Å². The minimum absolute atomic E-state index is 0.190. The number of nitrogens with one attached hydrogen (secondary N) is 2. The molecular weight excluding hydrogens is 282 g/mol. The molecule has 3 aromatic rings. The van der Waals surface area contributed by atoms with Crippen LogP contribution in [0.4, 0.5) is 0 Å². The Hall–Kier alpha value is -2.67. The molecule has 0 atom stereocenters. The Balaban J connectivity index is 2.42. The van der Waals surface area contributed by atoms with Crippen LogP contribution in [-0.4, -0.2) is 34.3 Å². The number of carbonyl (C=O) groups is 1. The van der Waals surface area contributed by atoms with Gasteiger partial charge in [0.25, 0.3) is 11.5 Å². The molecule has 1 amide bonds. The van der Waals surface area contributed by atoms with Crippen LogP contribution in [0.5, 0.6) is 0 Å². The lowest BCUT2D eigenvalue weighted by molar-refractivity contribution is 0.0959. The summed E-state index contributed by atoms with van der Waals surface area (Å²) in [6.45, 7) is 0.997. The summed E-state index contributed by atoms with van der Waals surface area (Å²) in [6.07, 6.45) is 0.683. The van der Waals surface area contributed by atoms with Crippen molar-refractivity contribution < 1.29 is 4.79 Å². The minimum Gasteiger partial charge on any atom is -0.354 e. The first-order valence-corrected chi connectivity index (χ1v) is 7.10. The predicted octanol–water partition coefficient (Wildman–Crippen LogP) is 0.586. The van der Waals surface area contributed by atoms with Crippen LogP contribution < -0.4 is 16.6 Å². The second-order valence-corrected chi connectivity index (χ2v) is 5.02. The number of pyridine rings is 1. The largest absolute Gasteiger partial charge is 0.354 e. The van der Waals surface area contributed by atoms with Gasteiger partial charge in [-0.15, -0.1) is 0 Å². The highest BCUT2D eigenvalue weighted by atomic mass is 16.2. The lowest BCUT2D eigenvalue weighted by Gasteiger charge is -2.10. The number of aryl methyl sites for hydroxylation is 1. The van der Waals surface area contributed by atoms with Gasteiger partial charge in [-0.05, 0) is 19.0 Å². The molecule has 7 heteroatoms. The van der Waals surface area contributed by atoms with Crippen molar-refractivity contribution in [2.24, 2.45) is 5.73 Å². The minimum atomic E-state index is -0.361. The van der Waals surface area contributed by atoms with Gasteiger partial charge in [-0.25, -0.2) is 0 Å². The summed E-state index contributed by atoms with van der Waals surface area (Å²) in [4.78, 5) is 24.8. The van der Waals surface area contributed by atoms with Gasteiger partial charge in [0.1, 0.15) is 11.2 Å². The predicted molar refractivity (Wildman–Crippen MR) is 84.9 cm³/mol. The topological polar surface area (TPSA) is 106 Å². The molecule has 3 rings (SSSR count). The summed E-state index contributed by atoms with van der Waals surface area (Å²) in [5.41, 5.74) is 6.84. The third-order valence-electron chi connectivity index (χ3n) is 3.72. The number of nitrogens with zero attached hydrogens (tertiary/aromatic N) is 2. The van der Waals surface area contributed by atoms with Gasteiger partial charge in [0.05, 0.1) is 10.9 Å². The molecule has 0 aliphatic rings. The fourth-order valence-electron chi connectivity index (χ4n) is 2.66. The van der Waals surface area contributed by atoms with Crippen LogP contribution in [0.1, 0.15) is 16.9 Å². The van der Waals surface area contributed by atoms with Crippen molar-refractivity contribution in [1.29, 1.82) is 0 Å². The van der Waals surface area contributed by atoms with Gasteiger partial charge in [0, 0.05) is 19.0 Å². The maximum absolute atomic E-state index is 12.8. The van der Waals surface area contributed by atoms with Crippen LogP contribution in [0.2, 0.25) is 0 Å². The highest BCUT2D eigenvalue weighted by Crippen LogP contribution is 2.23. The monoisotopic (exact) mass is 299 g/mol. The fourth-order valence-corrected chi connectivity index (χ4v) is 2.66. The van der Waals surface area contributed by atoms with Gasteiger partial charge in [-0.2, -0.15) is 5.10 Å². The molecular formula is C15H17N5O2. The van der Waals surface area contributed by atoms with Crippen LogP contribution >= 0.6 is 0 Å². The average Bonchev–Trinajstić information content (AvgIpc) is 2.99. The molecule has 22 heavy (non-hydrogen) atoms. The Kier molecular flexibility index (Phi) is 3.64. The van der Waals surface area contributed by atoms with E-state index in [2.05, 4.69) is 15.5 Å². The number of hydrogen-bond donors (Lipinski definition) is 3. The third-order valence-corrected chi connectivity index (χ3v) is 3.72. The number of carbonyl (C=O) groups excluding carboxylic acids is 1. The van der Waals surface area contributed by atoms with E-state index in [4.69, 9.17) is 5.73 Å². The second kappa shape index (κ2) is 5.61.